The van der Waals surface area contributed by atoms with Crippen LogP contribution in [0.25, 0.3) is 0 Å². The molecule has 0 bridgehead atoms. The molecule has 1 aromatic carbocycles. The van der Waals surface area contributed by atoms with Crippen molar-refractivity contribution in [1.82, 2.24) is 10.2 Å². The fraction of sp³-hybridized carbons (Fsp3) is 0.611. The lowest BCUT2D eigenvalue weighted by molar-refractivity contribution is 0.386. The number of unbranched alkanes of at least 4 members (excludes halogenated alkanes) is 4. The van der Waals surface area contributed by atoms with Crippen LogP contribution in [0.1, 0.15) is 57.4 Å². The minimum Gasteiger partial charge on any atom is -0.363 e. The lowest BCUT2D eigenvalue weighted by Gasteiger charge is -2.26. The average Bonchev–Trinajstić information content (AvgIpc) is 3.34. The van der Waals surface area contributed by atoms with E-state index in [4.69, 9.17) is 12.2 Å². The first-order valence-electron chi connectivity index (χ1n) is 8.50. The van der Waals surface area contributed by atoms with E-state index in [9.17, 15) is 4.39 Å². The Labute approximate surface area is 139 Å². The van der Waals surface area contributed by atoms with Crippen molar-refractivity contribution in [1.29, 1.82) is 0 Å². The molecule has 0 spiro atoms. The number of benzene rings is 1. The Morgan fingerprint density at radius 3 is 2.64 bits per heavy atom. The predicted octanol–water partition coefficient (Wildman–Crippen LogP) is 4.64. The van der Waals surface area contributed by atoms with Crippen LogP contribution in [0.4, 0.5) is 4.39 Å². The van der Waals surface area contributed by atoms with E-state index in [1.54, 1.807) is 6.07 Å². The van der Waals surface area contributed by atoms with Crippen LogP contribution in [-0.2, 0) is 6.54 Å². The molecule has 0 atom stereocenters. The number of nitrogens with one attached hydrogen (secondary N) is 1. The van der Waals surface area contributed by atoms with Crippen LogP contribution in [0.2, 0.25) is 0 Å². The molecule has 1 aliphatic rings. The molecule has 1 saturated carbocycles. The van der Waals surface area contributed by atoms with E-state index in [1.807, 2.05) is 12.1 Å². The maximum Gasteiger partial charge on any atom is 0.169 e. The summed E-state index contributed by atoms with van der Waals surface area (Å²) in [6.07, 6.45) is 8.60. The lowest BCUT2D eigenvalue weighted by atomic mass is 10.1. The molecule has 1 aromatic rings. The van der Waals surface area contributed by atoms with Gasteiger partial charge in [-0.2, -0.15) is 0 Å². The highest BCUT2D eigenvalue weighted by atomic mass is 32.1. The van der Waals surface area contributed by atoms with E-state index in [2.05, 4.69) is 17.1 Å². The molecule has 0 aromatic heterocycles. The molecular weight excluding hydrogens is 295 g/mol. The van der Waals surface area contributed by atoms with Crippen molar-refractivity contribution in [3.05, 3.63) is 35.6 Å². The van der Waals surface area contributed by atoms with Gasteiger partial charge in [0.05, 0.1) is 0 Å². The largest absolute Gasteiger partial charge is 0.363 e. The van der Waals surface area contributed by atoms with Gasteiger partial charge in [-0.25, -0.2) is 4.39 Å². The summed E-state index contributed by atoms with van der Waals surface area (Å²) >= 11 is 5.53. The Kier molecular flexibility index (Phi) is 7.10. The zero-order chi connectivity index (χ0) is 15.8. The zero-order valence-electron chi connectivity index (χ0n) is 13.5. The number of hydrogen-bond donors (Lipinski definition) is 1. The van der Waals surface area contributed by atoms with E-state index in [-0.39, 0.29) is 5.82 Å². The molecule has 1 N–H and O–H groups in total. The average molecular weight is 322 g/mol. The summed E-state index contributed by atoms with van der Waals surface area (Å²) in [4.78, 5) is 2.15. The van der Waals surface area contributed by atoms with Crippen molar-refractivity contribution in [2.75, 3.05) is 6.54 Å². The molecule has 0 saturated heterocycles. The monoisotopic (exact) mass is 322 g/mol. The minimum atomic E-state index is -0.143. The van der Waals surface area contributed by atoms with E-state index in [0.29, 0.717) is 12.6 Å². The first-order chi connectivity index (χ1) is 10.7. The van der Waals surface area contributed by atoms with Gasteiger partial charge in [-0.3, -0.25) is 0 Å². The van der Waals surface area contributed by atoms with Gasteiger partial charge in [-0.05, 0) is 37.5 Å². The van der Waals surface area contributed by atoms with Crippen LogP contribution in [0.3, 0.4) is 0 Å². The Bertz CT molecular complexity index is 474. The first kappa shape index (κ1) is 17.2. The van der Waals surface area contributed by atoms with Crippen LogP contribution in [-0.4, -0.2) is 22.6 Å². The fourth-order valence-corrected chi connectivity index (χ4v) is 2.90. The molecule has 1 fully saturated rings. The predicted molar refractivity (Wildman–Crippen MR) is 94.3 cm³/mol. The van der Waals surface area contributed by atoms with E-state index >= 15 is 0 Å². The summed E-state index contributed by atoms with van der Waals surface area (Å²) in [7, 11) is 0. The van der Waals surface area contributed by atoms with E-state index < -0.39 is 0 Å². The van der Waals surface area contributed by atoms with Crippen molar-refractivity contribution in [3.63, 3.8) is 0 Å². The Balaban J connectivity index is 1.78. The fourth-order valence-electron chi connectivity index (χ4n) is 2.59. The highest BCUT2D eigenvalue weighted by Crippen LogP contribution is 2.28. The van der Waals surface area contributed by atoms with Crippen LogP contribution >= 0.6 is 12.2 Å². The number of nitrogens with zero attached hydrogens (tertiary/aromatic N) is 1. The molecule has 0 aliphatic heterocycles. The molecule has 2 nitrogen and oxygen atoms in total. The summed E-state index contributed by atoms with van der Waals surface area (Å²) in [6, 6.07) is 7.46. The topological polar surface area (TPSA) is 15.3 Å². The third-order valence-electron chi connectivity index (χ3n) is 4.10. The van der Waals surface area contributed by atoms with E-state index in [0.717, 1.165) is 36.5 Å². The highest BCUT2D eigenvalue weighted by molar-refractivity contribution is 7.80. The van der Waals surface area contributed by atoms with Gasteiger partial charge < -0.3 is 10.2 Å². The van der Waals surface area contributed by atoms with Gasteiger partial charge in [0, 0.05) is 24.7 Å². The molecule has 22 heavy (non-hydrogen) atoms. The van der Waals surface area contributed by atoms with Crippen LogP contribution in [0.15, 0.2) is 24.3 Å². The van der Waals surface area contributed by atoms with Crippen LogP contribution in [0, 0.1) is 5.82 Å². The van der Waals surface area contributed by atoms with Gasteiger partial charge >= 0.3 is 0 Å². The molecule has 0 radical (unpaired) electrons. The molecule has 0 amide bonds. The number of thiocarbonyl (C=S) groups is 1. The third-order valence-corrected chi connectivity index (χ3v) is 4.48. The zero-order valence-corrected chi connectivity index (χ0v) is 14.3. The maximum atomic E-state index is 13.8. The standard InChI is InChI=1S/C18H27FN2S/c1-2-3-4-5-8-13-20-18(22)21(16-11-12-16)14-15-9-6-7-10-17(15)19/h6-7,9-10,16H,2-5,8,11-14H2,1H3,(H,20,22). The molecule has 0 unspecified atom stereocenters. The number of rotatable bonds is 9. The van der Waals surface area contributed by atoms with Crippen LogP contribution in [0.5, 0.6) is 0 Å². The van der Waals surface area contributed by atoms with Crippen molar-refractivity contribution in [2.45, 2.75) is 64.5 Å². The minimum absolute atomic E-state index is 0.143. The normalized spacial score (nSPS) is 13.9. The van der Waals surface area contributed by atoms with Crippen molar-refractivity contribution in [2.24, 2.45) is 0 Å². The first-order valence-corrected chi connectivity index (χ1v) is 8.91. The highest BCUT2D eigenvalue weighted by Gasteiger charge is 2.31. The second kappa shape index (κ2) is 9.09. The summed E-state index contributed by atoms with van der Waals surface area (Å²) in [5.41, 5.74) is 0.724. The van der Waals surface area contributed by atoms with Gasteiger partial charge in [0.2, 0.25) is 0 Å². The maximum absolute atomic E-state index is 13.8. The molecule has 122 valence electrons. The smallest absolute Gasteiger partial charge is 0.169 e. The Morgan fingerprint density at radius 1 is 1.23 bits per heavy atom. The van der Waals surface area contributed by atoms with Gasteiger partial charge in [-0.15, -0.1) is 0 Å². The van der Waals surface area contributed by atoms with Crippen molar-refractivity contribution >= 4 is 17.3 Å². The number of halogens is 1. The quantitative estimate of drug-likeness (QED) is 0.527. The van der Waals surface area contributed by atoms with Crippen LogP contribution < -0.4 is 5.32 Å². The second-order valence-corrected chi connectivity index (χ2v) is 6.48. The summed E-state index contributed by atoms with van der Waals surface area (Å²) in [6.45, 7) is 3.71. The molecular formula is C18H27FN2S. The Morgan fingerprint density at radius 2 is 1.95 bits per heavy atom. The molecule has 2 rings (SSSR count). The second-order valence-electron chi connectivity index (χ2n) is 6.10. The molecule has 4 heteroatoms. The lowest BCUT2D eigenvalue weighted by Crippen LogP contribution is -2.41. The number of hydrogen-bond acceptors (Lipinski definition) is 1. The summed E-state index contributed by atoms with van der Waals surface area (Å²) in [5, 5.41) is 4.13. The molecule has 0 heterocycles. The Hall–Kier alpha value is -1.16. The van der Waals surface area contributed by atoms with Crippen molar-refractivity contribution in [3.8, 4) is 0 Å². The van der Waals surface area contributed by atoms with Gasteiger partial charge in [0.15, 0.2) is 5.11 Å². The molecule has 1 aliphatic carbocycles. The van der Waals surface area contributed by atoms with Gasteiger partial charge in [-0.1, -0.05) is 50.8 Å². The summed E-state index contributed by atoms with van der Waals surface area (Å²) < 4.78 is 13.8. The third kappa shape index (κ3) is 5.56. The van der Waals surface area contributed by atoms with Gasteiger partial charge in [0.1, 0.15) is 5.82 Å². The van der Waals surface area contributed by atoms with Crippen molar-refractivity contribution < 1.29 is 4.39 Å². The van der Waals surface area contributed by atoms with E-state index in [1.165, 1.54) is 31.7 Å². The SMILES string of the molecule is CCCCCCCNC(=S)N(Cc1ccccc1F)C1CC1. The van der Waals surface area contributed by atoms with Gasteiger partial charge in [0.25, 0.3) is 0 Å². The summed E-state index contributed by atoms with van der Waals surface area (Å²) in [5.74, 6) is -0.143.